The number of pyridine rings is 4. The van der Waals surface area contributed by atoms with Crippen molar-refractivity contribution in [2.75, 3.05) is 0 Å². The van der Waals surface area contributed by atoms with Gasteiger partial charge in [0.25, 0.3) is 0 Å². The van der Waals surface area contributed by atoms with Crippen LogP contribution in [0.25, 0.3) is 93.6 Å². The maximum absolute atomic E-state index is 5.28. The second-order valence-corrected chi connectivity index (χ2v) is 14.4. The molecule has 6 nitrogen and oxygen atoms in total. The van der Waals surface area contributed by atoms with Crippen LogP contribution in [-0.2, 0) is 0 Å². The molecule has 0 fully saturated rings. The Balaban J connectivity index is 1.15. The van der Waals surface area contributed by atoms with Crippen molar-refractivity contribution in [3.8, 4) is 45.0 Å². The summed E-state index contributed by atoms with van der Waals surface area (Å²) >= 11 is 0. The van der Waals surface area contributed by atoms with Gasteiger partial charge < -0.3 is 0 Å². The van der Waals surface area contributed by atoms with Crippen molar-refractivity contribution in [2.45, 2.75) is 0 Å². The number of benzene rings is 4. The third kappa shape index (κ3) is 9.85. The molecular weight excluding hydrogens is 757 g/mol. The molecular formula is C56H40N6. The molecule has 5 aromatic heterocycles. The van der Waals surface area contributed by atoms with Crippen LogP contribution in [0.1, 0.15) is 45.6 Å². The summed E-state index contributed by atoms with van der Waals surface area (Å²) in [5.41, 5.74) is 13.6. The maximum atomic E-state index is 5.28. The van der Waals surface area contributed by atoms with E-state index in [2.05, 4.69) is 48.5 Å². The summed E-state index contributed by atoms with van der Waals surface area (Å²) in [6, 6.07) is 64.8. The summed E-state index contributed by atoms with van der Waals surface area (Å²) in [6.45, 7) is 0. The second-order valence-electron chi connectivity index (χ2n) is 14.4. The lowest BCUT2D eigenvalue weighted by Gasteiger charge is -2.08. The van der Waals surface area contributed by atoms with E-state index in [1.165, 1.54) is 0 Å². The van der Waals surface area contributed by atoms with Gasteiger partial charge in [0.05, 0.1) is 68.3 Å². The van der Waals surface area contributed by atoms with Crippen LogP contribution in [0, 0.1) is 0 Å². The fourth-order valence-corrected chi connectivity index (χ4v) is 6.89. The van der Waals surface area contributed by atoms with E-state index >= 15 is 0 Å². The van der Waals surface area contributed by atoms with Crippen LogP contribution in [0.4, 0.5) is 0 Å². The van der Waals surface area contributed by atoms with Gasteiger partial charge in [-0.3, -0.25) is 0 Å². The van der Waals surface area contributed by atoms with E-state index in [1.54, 1.807) is 0 Å². The van der Waals surface area contributed by atoms with Crippen LogP contribution in [0.2, 0.25) is 0 Å². The Morgan fingerprint density at radius 1 is 0.194 bits per heavy atom. The minimum absolute atomic E-state index is 0.666. The number of nitrogens with zero attached hydrogens (tertiary/aromatic N) is 6. The van der Waals surface area contributed by atoms with Crippen molar-refractivity contribution in [1.82, 2.24) is 29.9 Å². The van der Waals surface area contributed by atoms with Gasteiger partial charge in [0.1, 0.15) is 0 Å². The highest BCUT2D eigenvalue weighted by Gasteiger charge is 2.10. The highest BCUT2D eigenvalue weighted by atomic mass is 14.8. The van der Waals surface area contributed by atoms with Gasteiger partial charge in [-0.1, -0.05) is 146 Å². The maximum Gasteiger partial charge on any atom is 0.0895 e. The minimum atomic E-state index is 0.666. The van der Waals surface area contributed by atoms with Crippen LogP contribution in [-0.4, -0.2) is 29.9 Å². The van der Waals surface area contributed by atoms with Gasteiger partial charge in [-0.15, -0.1) is 0 Å². The first-order valence-corrected chi connectivity index (χ1v) is 20.4. The fourth-order valence-electron chi connectivity index (χ4n) is 6.89. The molecule has 62 heavy (non-hydrogen) atoms. The van der Waals surface area contributed by atoms with Crippen molar-refractivity contribution in [2.24, 2.45) is 0 Å². The Bertz CT molecular complexity index is 2640. The molecule has 0 spiro atoms. The molecule has 0 bridgehead atoms. The predicted octanol–water partition coefficient (Wildman–Crippen LogP) is 13.4. The summed E-state index contributed by atoms with van der Waals surface area (Å²) in [7, 11) is 0. The third-order valence-corrected chi connectivity index (χ3v) is 10.0. The molecule has 5 heterocycles. The van der Waals surface area contributed by atoms with Crippen molar-refractivity contribution < 1.29 is 0 Å². The van der Waals surface area contributed by atoms with Crippen LogP contribution >= 0.6 is 0 Å². The van der Waals surface area contributed by atoms with E-state index in [-0.39, 0.29) is 0 Å². The number of aromatic nitrogens is 6. The molecule has 0 aliphatic heterocycles. The van der Waals surface area contributed by atoms with Crippen LogP contribution < -0.4 is 0 Å². The molecule has 9 rings (SSSR count). The van der Waals surface area contributed by atoms with Gasteiger partial charge in [-0.2, -0.15) is 0 Å². The van der Waals surface area contributed by atoms with Crippen molar-refractivity contribution in [3.05, 3.63) is 240 Å². The van der Waals surface area contributed by atoms with Gasteiger partial charge in [0, 0.05) is 22.3 Å². The first kappa shape index (κ1) is 39.0. The molecule has 0 aliphatic carbocycles. The number of rotatable bonds is 12. The first-order valence-electron chi connectivity index (χ1n) is 20.4. The predicted molar refractivity (Wildman–Crippen MR) is 256 cm³/mol. The highest BCUT2D eigenvalue weighted by Crippen LogP contribution is 2.24. The second kappa shape index (κ2) is 19.1. The number of hydrogen-bond donors (Lipinski definition) is 0. The van der Waals surface area contributed by atoms with Gasteiger partial charge in [-0.25, -0.2) is 29.9 Å². The zero-order valence-electron chi connectivity index (χ0n) is 33.8. The Morgan fingerprint density at radius 3 is 0.645 bits per heavy atom. The summed E-state index contributed by atoms with van der Waals surface area (Å²) in [6.07, 6.45) is 15.8. The first-order chi connectivity index (χ1) is 30.7. The van der Waals surface area contributed by atoms with Gasteiger partial charge in [0.15, 0.2) is 0 Å². The van der Waals surface area contributed by atoms with Gasteiger partial charge >= 0.3 is 0 Å². The molecule has 0 N–H and O–H groups in total. The van der Waals surface area contributed by atoms with Crippen molar-refractivity contribution in [1.29, 1.82) is 0 Å². The molecule has 0 radical (unpaired) electrons. The zero-order valence-corrected chi connectivity index (χ0v) is 33.8. The van der Waals surface area contributed by atoms with E-state index in [9.17, 15) is 0 Å². The summed E-state index contributed by atoms with van der Waals surface area (Å²) in [4.78, 5) is 30.4. The van der Waals surface area contributed by atoms with Gasteiger partial charge in [0.2, 0.25) is 0 Å². The van der Waals surface area contributed by atoms with Crippen LogP contribution in [0.3, 0.4) is 0 Å². The lowest BCUT2D eigenvalue weighted by Crippen LogP contribution is -2.00. The Morgan fingerprint density at radius 2 is 0.419 bits per heavy atom. The lowest BCUT2D eigenvalue weighted by atomic mass is 10.1. The zero-order chi connectivity index (χ0) is 41.8. The summed E-state index contributed by atoms with van der Waals surface area (Å²) in [5.74, 6) is 0. The van der Waals surface area contributed by atoms with E-state index in [4.69, 9.17) is 29.9 Å². The van der Waals surface area contributed by atoms with Gasteiger partial charge in [-0.05, 0) is 97.1 Å². The average molecular weight is 797 g/mol. The normalized spacial score (nSPS) is 11.6. The van der Waals surface area contributed by atoms with Crippen molar-refractivity contribution >= 4 is 48.6 Å². The largest absolute Gasteiger partial charge is 0.248 e. The van der Waals surface area contributed by atoms with Crippen LogP contribution in [0.15, 0.2) is 194 Å². The molecule has 0 amide bonds. The molecule has 9 aromatic rings. The Hall–Kier alpha value is -8.48. The van der Waals surface area contributed by atoms with Crippen LogP contribution in [0.5, 0.6) is 0 Å². The summed E-state index contributed by atoms with van der Waals surface area (Å²) in [5, 5.41) is 0. The van der Waals surface area contributed by atoms with E-state index in [1.807, 2.05) is 194 Å². The molecule has 0 saturated carbocycles. The smallest absolute Gasteiger partial charge is 0.0895 e. The molecule has 0 unspecified atom stereocenters. The Kier molecular flexibility index (Phi) is 12.0. The fraction of sp³-hybridized carbons (Fsp3) is 0. The quantitative estimate of drug-likeness (QED) is 0.123. The van der Waals surface area contributed by atoms with E-state index in [0.29, 0.717) is 22.8 Å². The molecule has 0 atom stereocenters. The minimum Gasteiger partial charge on any atom is -0.248 e. The molecule has 294 valence electrons. The molecule has 6 heteroatoms. The molecule has 0 saturated heterocycles. The topological polar surface area (TPSA) is 77.3 Å². The molecule has 0 aliphatic rings. The van der Waals surface area contributed by atoms with Crippen molar-refractivity contribution in [3.63, 3.8) is 0 Å². The standard InChI is InChI=1S/C56H40N6/c1-5-17-41(18-6-1)49-29-13-25-45(57-49)33-37-53-54(38-34-46-26-14-30-50(58-46)42-19-7-2-8-20-42)62-56(40-36-48-28-16-32-52(60-48)44-23-11-4-12-24-44)55(61-53)39-35-47-27-15-31-51(59-47)43-21-9-3-10-22-43/h1-40H. The van der Waals surface area contributed by atoms with E-state index < -0.39 is 0 Å². The lowest BCUT2D eigenvalue weighted by molar-refractivity contribution is 1.12. The SMILES string of the molecule is C(=Cc1nc(C=Cc2cccc(-c3ccccc3)n2)c(C=Cc2cccc(-c3ccccc3)n2)nc1C=Cc1cccc(-c2ccccc2)n1)c1cccc(-c2ccccc2)n1. The third-order valence-electron chi connectivity index (χ3n) is 10.0. The monoisotopic (exact) mass is 796 g/mol. The average Bonchev–Trinajstić information content (AvgIpc) is 3.35. The Labute approximate surface area is 361 Å². The highest BCUT2D eigenvalue weighted by molar-refractivity contribution is 5.81. The van der Waals surface area contributed by atoms with E-state index in [0.717, 1.165) is 67.8 Å². The number of hydrogen-bond acceptors (Lipinski definition) is 6. The summed E-state index contributed by atoms with van der Waals surface area (Å²) < 4.78 is 0. The molecule has 4 aromatic carbocycles.